The van der Waals surface area contributed by atoms with Gasteiger partial charge in [0.1, 0.15) is 12.1 Å². The summed E-state index contributed by atoms with van der Waals surface area (Å²) in [6.07, 6.45) is 7.00. The van der Waals surface area contributed by atoms with E-state index in [1.165, 1.54) is 0 Å². The van der Waals surface area contributed by atoms with E-state index in [-0.39, 0.29) is 24.4 Å². The van der Waals surface area contributed by atoms with Crippen LogP contribution in [0.4, 0.5) is 0 Å². The van der Waals surface area contributed by atoms with E-state index in [1.54, 1.807) is 9.80 Å². The smallest absolute Gasteiger partial charge is 0.250 e. The molecule has 3 rings (SSSR count). The summed E-state index contributed by atoms with van der Waals surface area (Å²) in [7, 11) is 0. The normalized spacial score (nSPS) is 25.6. The third-order valence-corrected chi connectivity index (χ3v) is 4.03. The van der Waals surface area contributed by atoms with Crippen LogP contribution in [0.5, 0.6) is 0 Å². The molecule has 4 heteroatoms. The molecular weight excluding hydrogens is 252 g/mol. The molecule has 2 heterocycles. The average Bonchev–Trinajstić information content (AvgIpc) is 2.96. The summed E-state index contributed by atoms with van der Waals surface area (Å²) in [5.41, 5.74) is 0.825. The molecule has 0 spiro atoms. The molecule has 2 aliphatic rings. The van der Waals surface area contributed by atoms with Gasteiger partial charge in [-0.05, 0) is 18.4 Å². The molecule has 1 aromatic carbocycles. The molecule has 2 saturated heterocycles. The monoisotopic (exact) mass is 268 g/mol. The van der Waals surface area contributed by atoms with Gasteiger partial charge in [-0.1, -0.05) is 36.3 Å². The Hall–Kier alpha value is -2.28. The maximum absolute atomic E-state index is 12.7. The maximum atomic E-state index is 12.7. The Bertz CT molecular complexity index is 576. The van der Waals surface area contributed by atoms with E-state index in [1.807, 2.05) is 30.3 Å². The molecule has 2 atom stereocenters. The fraction of sp³-hybridized carbons (Fsp3) is 0.375. The molecule has 0 bridgehead atoms. The summed E-state index contributed by atoms with van der Waals surface area (Å²) in [6.45, 7) is 0.844. The van der Waals surface area contributed by atoms with Gasteiger partial charge in [-0.15, -0.1) is 6.42 Å². The van der Waals surface area contributed by atoms with Crippen molar-refractivity contribution in [2.24, 2.45) is 0 Å². The Morgan fingerprint density at radius 1 is 1.20 bits per heavy atom. The highest BCUT2D eigenvalue weighted by atomic mass is 16.2. The van der Waals surface area contributed by atoms with Crippen molar-refractivity contribution in [2.75, 3.05) is 13.1 Å². The second-order valence-electron chi connectivity index (χ2n) is 5.17. The first kappa shape index (κ1) is 12.7. The van der Waals surface area contributed by atoms with E-state index < -0.39 is 6.04 Å². The standard InChI is InChI=1S/C16H16N2O2/c1-2-10-18-14(12-7-4-3-5-8-12)16(20)17-11-6-9-13(17)15(18)19/h1,3-5,7-8,13-14H,6,9-11H2. The van der Waals surface area contributed by atoms with Crippen LogP contribution in [0, 0.1) is 12.3 Å². The molecule has 2 amide bonds. The minimum atomic E-state index is -0.575. The number of terminal acetylenes is 1. The van der Waals surface area contributed by atoms with Gasteiger partial charge in [0.25, 0.3) is 5.91 Å². The van der Waals surface area contributed by atoms with E-state index in [0.717, 1.165) is 18.4 Å². The van der Waals surface area contributed by atoms with E-state index >= 15 is 0 Å². The van der Waals surface area contributed by atoms with E-state index in [9.17, 15) is 9.59 Å². The van der Waals surface area contributed by atoms with Crippen LogP contribution in [-0.2, 0) is 9.59 Å². The Morgan fingerprint density at radius 2 is 1.95 bits per heavy atom. The number of benzene rings is 1. The minimum absolute atomic E-state index is 0.00597. The van der Waals surface area contributed by atoms with Crippen molar-refractivity contribution in [3.8, 4) is 12.3 Å². The number of carbonyl (C=O) groups excluding carboxylic acids is 2. The third kappa shape index (κ3) is 1.87. The van der Waals surface area contributed by atoms with Gasteiger partial charge in [-0.2, -0.15) is 0 Å². The zero-order valence-corrected chi connectivity index (χ0v) is 11.2. The highest BCUT2D eigenvalue weighted by Gasteiger charge is 2.47. The van der Waals surface area contributed by atoms with Crippen LogP contribution in [0.2, 0.25) is 0 Å². The van der Waals surface area contributed by atoms with Crippen molar-refractivity contribution in [3.05, 3.63) is 35.9 Å². The maximum Gasteiger partial charge on any atom is 0.250 e. The lowest BCUT2D eigenvalue weighted by Gasteiger charge is -2.41. The number of hydrogen-bond acceptors (Lipinski definition) is 2. The van der Waals surface area contributed by atoms with Crippen molar-refractivity contribution >= 4 is 11.8 Å². The predicted molar refractivity (Wildman–Crippen MR) is 74.5 cm³/mol. The number of nitrogens with zero attached hydrogens (tertiary/aromatic N) is 2. The van der Waals surface area contributed by atoms with Gasteiger partial charge in [-0.3, -0.25) is 9.59 Å². The lowest BCUT2D eigenvalue weighted by Crippen LogP contribution is -2.58. The molecule has 0 aromatic heterocycles. The van der Waals surface area contributed by atoms with E-state index in [4.69, 9.17) is 6.42 Å². The first-order chi connectivity index (χ1) is 9.74. The van der Waals surface area contributed by atoms with Gasteiger partial charge in [0.15, 0.2) is 0 Å². The summed E-state index contributed by atoms with van der Waals surface area (Å²) < 4.78 is 0. The summed E-state index contributed by atoms with van der Waals surface area (Å²) >= 11 is 0. The first-order valence-electron chi connectivity index (χ1n) is 6.83. The van der Waals surface area contributed by atoms with Crippen LogP contribution in [0.1, 0.15) is 24.4 Å². The van der Waals surface area contributed by atoms with Gasteiger partial charge >= 0.3 is 0 Å². The fourth-order valence-corrected chi connectivity index (χ4v) is 3.12. The Morgan fingerprint density at radius 3 is 2.65 bits per heavy atom. The van der Waals surface area contributed by atoms with Gasteiger partial charge < -0.3 is 9.80 Å². The van der Waals surface area contributed by atoms with Crippen molar-refractivity contribution < 1.29 is 9.59 Å². The Balaban J connectivity index is 2.02. The molecule has 0 radical (unpaired) electrons. The fourth-order valence-electron chi connectivity index (χ4n) is 3.12. The number of hydrogen-bond donors (Lipinski definition) is 0. The van der Waals surface area contributed by atoms with E-state index in [2.05, 4.69) is 5.92 Å². The van der Waals surface area contributed by atoms with Gasteiger partial charge in [0.2, 0.25) is 5.91 Å². The summed E-state index contributed by atoms with van der Waals surface area (Å²) in [5, 5.41) is 0. The number of fused-ring (bicyclic) bond motifs is 1. The summed E-state index contributed by atoms with van der Waals surface area (Å²) in [4.78, 5) is 28.5. The zero-order chi connectivity index (χ0) is 14.1. The molecule has 0 saturated carbocycles. The minimum Gasteiger partial charge on any atom is -0.329 e. The van der Waals surface area contributed by atoms with Crippen LogP contribution in [0.25, 0.3) is 0 Å². The number of piperazine rings is 1. The molecule has 1 aromatic rings. The van der Waals surface area contributed by atoms with Crippen molar-refractivity contribution in [3.63, 3.8) is 0 Å². The molecule has 4 nitrogen and oxygen atoms in total. The molecular formula is C16H16N2O2. The van der Waals surface area contributed by atoms with Crippen LogP contribution in [-0.4, -0.2) is 40.7 Å². The summed E-state index contributed by atoms with van der Waals surface area (Å²) in [6, 6.07) is 8.49. The average molecular weight is 268 g/mol. The predicted octanol–water partition coefficient (Wildman–Crippen LogP) is 1.19. The number of rotatable bonds is 2. The van der Waals surface area contributed by atoms with Gasteiger partial charge in [0, 0.05) is 6.54 Å². The van der Waals surface area contributed by atoms with Crippen LogP contribution >= 0.6 is 0 Å². The molecule has 20 heavy (non-hydrogen) atoms. The molecule has 2 aliphatic heterocycles. The van der Waals surface area contributed by atoms with Crippen molar-refractivity contribution in [1.29, 1.82) is 0 Å². The van der Waals surface area contributed by atoms with Crippen LogP contribution < -0.4 is 0 Å². The molecule has 2 unspecified atom stereocenters. The lowest BCUT2D eigenvalue weighted by molar-refractivity contribution is -0.159. The SMILES string of the molecule is C#CCN1C(=O)C2CCCN2C(=O)C1c1ccccc1. The highest BCUT2D eigenvalue weighted by molar-refractivity contribution is 5.98. The van der Waals surface area contributed by atoms with Gasteiger partial charge in [-0.25, -0.2) is 0 Å². The quantitative estimate of drug-likeness (QED) is 0.756. The number of carbonyl (C=O) groups is 2. The van der Waals surface area contributed by atoms with Gasteiger partial charge in [0.05, 0.1) is 6.54 Å². The van der Waals surface area contributed by atoms with Crippen LogP contribution in [0.3, 0.4) is 0 Å². The molecule has 102 valence electrons. The third-order valence-electron chi connectivity index (χ3n) is 4.03. The Kier molecular flexibility index (Phi) is 3.19. The van der Waals surface area contributed by atoms with Crippen molar-refractivity contribution in [1.82, 2.24) is 9.80 Å². The highest BCUT2D eigenvalue weighted by Crippen LogP contribution is 2.34. The van der Waals surface area contributed by atoms with Crippen LogP contribution in [0.15, 0.2) is 30.3 Å². The second kappa shape index (κ2) is 5.01. The second-order valence-corrected chi connectivity index (χ2v) is 5.17. The Labute approximate surface area is 118 Å². The first-order valence-corrected chi connectivity index (χ1v) is 6.83. The summed E-state index contributed by atoms with van der Waals surface area (Å²) in [5.74, 6) is 2.48. The number of amides is 2. The largest absolute Gasteiger partial charge is 0.329 e. The molecule has 0 N–H and O–H groups in total. The topological polar surface area (TPSA) is 40.6 Å². The van der Waals surface area contributed by atoms with Crippen molar-refractivity contribution in [2.45, 2.75) is 24.9 Å². The lowest BCUT2D eigenvalue weighted by atomic mass is 9.98. The zero-order valence-electron chi connectivity index (χ0n) is 11.2. The molecule has 0 aliphatic carbocycles. The molecule has 2 fully saturated rings. The van der Waals surface area contributed by atoms with E-state index in [0.29, 0.717) is 6.54 Å².